The van der Waals surface area contributed by atoms with Gasteiger partial charge in [0.1, 0.15) is 11.9 Å². The van der Waals surface area contributed by atoms with Crippen LogP contribution >= 0.6 is 0 Å². The molecule has 6 atom stereocenters. The second-order valence-electron chi connectivity index (χ2n) is 9.04. The number of ether oxygens (including phenoxy) is 2. The smallest absolute Gasteiger partial charge is 0.338 e. The first-order chi connectivity index (χ1) is 13.4. The van der Waals surface area contributed by atoms with Gasteiger partial charge in [0.25, 0.3) is 0 Å². The fourth-order valence-corrected chi connectivity index (χ4v) is 6.14. The van der Waals surface area contributed by atoms with Crippen LogP contribution < -0.4 is 0 Å². The van der Waals surface area contributed by atoms with Crippen LogP contribution in [0.15, 0.2) is 42.2 Å². The first-order valence-electron chi connectivity index (χ1n) is 10.5. The summed E-state index contributed by atoms with van der Waals surface area (Å²) in [5.41, 5.74) is 0.668. The standard InChI is InChI=1S/C24H30O4/c1-15-18-13-14-24(3)20(19(18)9-11-21(15)27-16(2)25)10-12-22(24)28-23(26)17-7-5-4-6-8-17/h4-8,11,15,18-20,22H,9-10,12-14H2,1-3H3/t15-,18-,19+,20+,22-,24+/m0/s1. The number of carbonyl (C=O) groups is 2. The van der Waals surface area contributed by atoms with E-state index in [1.165, 1.54) is 6.92 Å². The van der Waals surface area contributed by atoms with Crippen LogP contribution in [0, 0.1) is 29.1 Å². The molecule has 28 heavy (non-hydrogen) atoms. The molecule has 0 amide bonds. The minimum Gasteiger partial charge on any atom is -0.458 e. The number of rotatable bonds is 3. The van der Waals surface area contributed by atoms with E-state index in [2.05, 4.69) is 19.9 Å². The fraction of sp³-hybridized carbons (Fsp3) is 0.583. The Morgan fingerprint density at radius 3 is 2.54 bits per heavy atom. The molecule has 0 N–H and O–H groups in total. The molecule has 0 bridgehead atoms. The first kappa shape index (κ1) is 19.2. The van der Waals surface area contributed by atoms with Gasteiger partial charge in [-0.15, -0.1) is 0 Å². The van der Waals surface area contributed by atoms with Crippen LogP contribution in [0.3, 0.4) is 0 Å². The number of allylic oxidation sites excluding steroid dienone is 2. The van der Waals surface area contributed by atoms with Crippen LogP contribution in [0.4, 0.5) is 0 Å². The van der Waals surface area contributed by atoms with Crippen molar-refractivity contribution >= 4 is 11.9 Å². The first-order valence-corrected chi connectivity index (χ1v) is 10.5. The Balaban J connectivity index is 1.50. The maximum atomic E-state index is 12.6. The molecule has 4 rings (SSSR count). The molecule has 0 heterocycles. The van der Waals surface area contributed by atoms with Gasteiger partial charge in [0, 0.05) is 18.3 Å². The highest BCUT2D eigenvalue weighted by Crippen LogP contribution is 2.60. The van der Waals surface area contributed by atoms with Crippen LogP contribution in [-0.4, -0.2) is 18.0 Å². The van der Waals surface area contributed by atoms with E-state index in [1.807, 2.05) is 30.3 Å². The number of hydrogen-bond donors (Lipinski definition) is 0. The summed E-state index contributed by atoms with van der Waals surface area (Å²) in [6.07, 6.45) is 7.27. The Kier molecular flexibility index (Phi) is 5.07. The van der Waals surface area contributed by atoms with Crippen molar-refractivity contribution < 1.29 is 19.1 Å². The quantitative estimate of drug-likeness (QED) is 0.679. The average Bonchev–Trinajstić information content (AvgIpc) is 3.01. The van der Waals surface area contributed by atoms with Gasteiger partial charge in [-0.3, -0.25) is 4.79 Å². The molecule has 0 aliphatic heterocycles. The van der Waals surface area contributed by atoms with Gasteiger partial charge in [-0.05, 0) is 68.1 Å². The van der Waals surface area contributed by atoms with Crippen LogP contribution in [0.2, 0.25) is 0 Å². The minimum atomic E-state index is -0.231. The molecule has 2 fully saturated rings. The minimum absolute atomic E-state index is 0.0136. The maximum absolute atomic E-state index is 12.6. The third-order valence-electron chi connectivity index (χ3n) is 7.61. The molecule has 0 spiro atoms. The highest BCUT2D eigenvalue weighted by atomic mass is 16.5. The Labute approximate surface area is 167 Å². The van der Waals surface area contributed by atoms with E-state index in [0.29, 0.717) is 23.3 Å². The normalized spacial score (nSPS) is 36.7. The molecule has 0 saturated heterocycles. The van der Waals surface area contributed by atoms with Gasteiger partial charge in [0.15, 0.2) is 0 Å². The van der Waals surface area contributed by atoms with Gasteiger partial charge >= 0.3 is 11.9 Å². The predicted molar refractivity (Wildman–Crippen MR) is 106 cm³/mol. The lowest BCUT2D eigenvalue weighted by atomic mass is 9.55. The lowest BCUT2D eigenvalue weighted by molar-refractivity contribution is -0.139. The van der Waals surface area contributed by atoms with Gasteiger partial charge < -0.3 is 9.47 Å². The summed E-state index contributed by atoms with van der Waals surface area (Å²) in [5, 5.41) is 0. The van der Waals surface area contributed by atoms with Gasteiger partial charge in [0.2, 0.25) is 0 Å². The number of carbonyl (C=O) groups excluding carboxylic acids is 2. The van der Waals surface area contributed by atoms with Crippen molar-refractivity contribution in [2.24, 2.45) is 29.1 Å². The number of hydrogen-bond acceptors (Lipinski definition) is 4. The van der Waals surface area contributed by atoms with Crippen LogP contribution in [0.5, 0.6) is 0 Å². The highest BCUT2D eigenvalue weighted by Gasteiger charge is 2.56. The molecule has 4 nitrogen and oxygen atoms in total. The van der Waals surface area contributed by atoms with E-state index in [0.717, 1.165) is 37.9 Å². The van der Waals surface area contributed by atoms with E-state index in [4.69, 9.17) is 9.47 Å². The third-order valence-corrected chi connectivity index (χ3v) is 7.61. The number of fused-ring (bicyclic) bond motifs is 3. The largest absolute Gasteiger partial charge is 0.458 e. The van der Waals surface area contributed by atoms with Gasteiger partial charge in [-0.1, -0.05) is 32.0 Å². The van der Waals surface area contributed by atoms with E-state index < -0.39 is 0 Å². The molecular formula is C24H30O4. The Bertz CT molecular complexity index is 783. The molecule has 4 heteroatoms. The summed E-state index contributed by atoms with van der Waals surface area (Å²) in [6.45, 7) is 5.98. The second-order valence-corrected chi connectivity index (χ2v) is 9.04. The molecule has 3 aliphatic rings. The van der Waals surface area contributed by atoms with Crippen molar-refractivity contribution in [2.45, 2.75) is 59.0 Å². The fourth-order valence-electron chi connectivity index (χ4n) is 6.14. The van der Waals surface area contributed by atoms with Crippen LogP contribution in [-0.2, 0) is 14.3 Å². The Morgan fingerprint density at radius 2 is 1.82 bits per heavy atom. The lowest BCUT2D eigenvalue weighted by Crippen LogP contribution is -2.47. The Hall–Kier alpha value is -2.10. The summed E-state index contributed by atoms with van der Waals surface area (Å²) in [7, 11) is 0. The van der Waals surface area contributed by atoms with Crippen molar-refractivity contribution in [3.05, 3.63) is 47.7 Å². The molecule has 1 aromatic rings. The zero-order valence-electron chi connectivity index (χ0n) is 17.0. The Morgan fingerprint density at radius 1 is 1.07 bits per heavy atom. The summed E-state index contributed by atoms with van der Waals surface area (Å²) in [6, 6.07) is 9.29. The molecule has 150 valence electrons. The SMILES string of the molecule is CC(=O)OC1=CC[C@@H]2[C@@H](CC[C@@]3(C)[C@@H](OC(=O)c4ccccc4)CC[C@H]23)[C@@H]1C. The highest BCUT2D eigenvalue weighted by molar-refractivity contribution is 5.89. The maximum Gasteiger partial charge on any atom is 0.338 e. The molecule has 0 radical (unpaired) electrons. The zero-order chi connectivity index (χ0) is 19.9. The van der Waals surface area contributed by atoms with E-state index in [9.17, 15) is 9.59 Å². The van der Waals surface area contributed by atoms with Gasteiger partial charge in [-0.2, -0.15) is 0 Å². The van der Waals surface area contributed by atoms with E-state index in [-0.39, 0.29) is 29.4 Å². The van der Waals surface area contributed by atoms with Crippen molar-refractivity contribution in [2.75, 3.05) is 0 Å². The molecule has 3 aliphatic carbocycles. The second kappa shape index (κ2) is 7.38. The molecule has 1 aromatic carbocycles. The number of benzene rings is 1. The van der Waals surface area contributed by atoms with Crippen molar-refractivity contribution in [1.82, 2.24) is 0 Å². The molecule has 0 unspecified atom stereocenters. The zero-order valence-corrected chi connectivity index (χ0v) is 17.0. The molecular weight excluding hydrogens is 352 g/mol. The van der Waals surface area contributed by atoms with Gasteiger partial charge in [-0.25, -0.2) is 4.79 Å². The number of esters is 2. The topological polar surface area (TPSA) is 52.6 Å². The third kappa shape index (κ3) is 3.27. The van der Waals surface area contributed by atoms with E-state index >= 15 is 0 Å². The summed E-state index contributed by atoms with van der Waals surface area (Å²) in [5.74, 6) is 2.36. The summed E-state index contributed by atoms with van der Waals surface area (Å²) >= 11 is 0. The average molecular weight is 383 g/mol. The molecule has 0 aromatic heterocycles. The van der Waals surface area contributed by atoms with Crippen LogP contribution in [0.25, 0.3) is 0 Å². The van der Waals surface area contributed by atoms with Crippen molar-refractivity contribution in [3.8, 4) is 0 Å². The van der Waals surface area contributed by atoms with Gasteiger partial charge in [0.05, 0.1) is 5.56 Å². The summed E-state index contributed by atoms with van der Waals surface area (Å²) < 4.78 is 11.5. The monoisotopic (exact) mass is 382 g/mol. The summed E-state index contributed by atoms with van der Waals surface area (Å²) in [4.78, 5) is 24.0. The van der Waals surface area contributed by atoms with Crippen LogP contribution in [0.1, 0.15) is 63.2 Å². The predicted octanol–water partition coefficient (Wildman–Crippen LogP) is 5.14. The van der Waals surface area contributed by atoms with E-state index in [1.54, 1.807) is 0 Å². The lowest BCUT2D eigenvalue weighted by Gasteiger charge is -2.51. The van der Waals surface area contributed by atoms with Crippen molar-refractivity contribution in [1.29, 1.82) is 0 Å². The molecule has 2 saturated carbocycles. The van der Waals surface area contributed by atoms with Crippen molar-refractivity contribution in [3.63, 3.8) is 0 Å².